The smallest absolute Gasteiger partial charge is 0.330 e. The summed E-state index contributed by atoms with van der Waals surface area (Å²) in [7, 11) is 0. The fourth-order valence-electron chi connectivity index (χ4n) is 3.30. The van der Waals surface area contributed by atoms with Crippen molar-refractivity contribution in [3.63, 3.8) is 0 Å². The van der Waals surface area contributed by atoms with Crippen molar-refractivity contribution in [1.29, 1.82) is 0 Å². The first-order chi connectivity index (χ1) is 12.7. The van der Waals surface area contributed by atoms with Crippen molar-refractivity contribution in [1.82, 2.24) is 4.90 Å². The Morgan fingerprint density at radius 2 is 2.04 bits per heavy atom. The Morgan fingerprint density at radius 3 is 2.85 bits per heavy atom. The zero-order valence-electron chi connectivity index (χ0n) is 14.8. The molecule has 1 atom stereocenters. The Labute approximate surface area is 154 Å². The van der Waals surface area contributed by atoms with E-state index in [-0.39, 0.29) is 11.8 Å². The van der Waals surface area contributed by atoms with Crippen molar-refractivity contribution in [2.45, 2.75) is 19.4 Å². The molecule has 1 heterocycles. The Kier molecular flexibility index (Phi) is 6.56. The molecule has 3 rings (SSSR count). The number of ether oxygens (including phenoxy) is 1. The molecule has 0 aromatic heterocycles. The van der Waals surface area contributed by atoms with Crippen LogP contribution in [0, 0.1) is 11.7 Å². The Hall–Kier alpha value is -2.46. The first-order valence-corrected chi connectivity index (χ1v) is 9.06. The second-order valence-corrected chi connectivity index (χ2v) is 6.75. The third-order valence-corrected chi connectivity index (χ3v) is 4.57. The summed E-state index contributed by atoms with van der Waals surface area (Å²) in [5.74, 6) is -0.183. The summed E-state index contributed by atoms with van der Waals surface area (Å²) in [6.07, 6.45) is 5.36. The minimum atomic E-state index is -0.309. The summed E-state index contributed by atoms with van der Waals surface area (Å²) in [5.41, 5.74) is 1.96. The summed E-state index contributed by atoms with van der Waals surface area (Å²) in [4.78, 5) is 14.2. The van der Waals surface area contributed by atoms with E-state index in [0.717, 1.165) is 43.6 Å². The average Bonchev–Trinajstić information content (AvgIpc) is 2.66. The van der Waals surface area contributed by atoms with Gasteiger partial charge in [0.05, 0.1) is 6.61 Å². The van der Waals surface area contributed by atoms with Gasteiger partial charge in [-0.15, -0.1) is 0 Å². The first-order valence-electron chi connectivity index (χ1n) is 9.06. The van der Waals surface area contributed by atoms with Crippen molar-refractivity contribution < 1.29 is 13.9 Å². The Balaban J connectivity index is 1.44. The topological polar surface area (TPSA) is 29.5 Å². The van der Waals surface area contributed by atoms with Crippen molar-refractivity contribution in [3.05, 3.63) is 77.6 Å². The maximum Gasteiger partial charge on any atom is 0.330 e. The fraction of sp³-hybridized carbons (Fsp3) is 0.318. The van der Waals surface area contributed by atoms with E-state index in [4.69, 9.17) is 4.74 Å². The minimum Gasteiger partial charge on any atom is -0.462 e. The SMILES string of the molecule is O=C(/C=C/c1ccccc1)OC[C@@H]1CCCN(Cc2cccc(F)c2)C1. The third kappa shape index (κ3) is 5.81. The highest BCUT2D eigenvalue weighted by atomic mass is 19.1. The van der Waals surface area contributed by atoms with E-state index in [9.17, 15) is 9.18 Å². The van der Waals surface area contributed by atoms with Gasteiger partial charge in [0.1, 0.15) is 5.82 Å². The lowest BCUT2D eigenvalue weighted by Crippen LogP contribution is -2.37. The van der Waals surface area contributed by atoms with Crippen molar-refractivity contribution in [2.75, 3.05) is 19.7 Å². The number of nitrogens with zero attached hydrogens (tertiary/aromatic N) is 1. The number of halogens is 1. The van der Waals surface area contributed by atoms with E-state index in [2.05, 4.69) is 4.90 Å². The lowest BCUT2D eigenvalue weighted by atomic mass is 9.98. The van der Waals surface area contributed by atoms with Crippen LogP contribution in [0.3, 0.4) is 0 Å². The molecule has 1 aliphatic heterocycles. The van der Waals surface area contributed by atoms with Gasteiger partial charge in [0.25, 0.3) is 0 Å². The summed E-state index contributed by atoms with van der Waals surface area (Å²) in [5, 5.41) is 0. The van der Waals surface area contributed by atoms with Gasteiger partial charge in [-0.2, -0.15) is 0 Å². The van der Waals surface area contributed by atoms with Crippen molar-refractivity contribution in [2.24, 2.45) is 5.92 Å². The molecule has 0 radical (unpaired) electrons. The Morgan fingerprint density at radius 1 is 1.19 bits per heavy atom. The minimum absolute atomic E-state index is 0.199. The number of rotatable bonds is 6. The molecule has 4 heteroatoms. The first kappa shape index (κ1) is 18.3. The van der Waals surface area contributed by atoms with Crippen molar-refractivity contribution in [3.8, 4) is 0 Å². The molecule has 0 saturated carbocycles. The zero-order valence-corrected chi connectivity index (χ0v) is 14.8. The highest BCUT2D eigenvalue weighted by Gasteiger charge is 2.21. The molecule has 3 nitrogen and oxygen atoms in total. The van der Waals surface area contributed by atoms with Gasteiger partial charge in [0, 0.05) is 25.1 Å². The highest BCUT2D eigenvalue weighted by molar-refractivity contribution is 5.87. The largest absolute Gasteiger partial charge is 0.462 e. The molecule has 2 aromatic rings. The summed E-state index contributed by atoms with van der Waals surface area (Å²) in [6, 6.07) is 16.4. The predicted octanol–water partition coefficient (Wildman–Crippen LogP) is 4.29. The number of piperidine rings is 1. The van der Waals surface area contributed by atoms with Crippen LogP contribution in [0.1, 0.15) is 24.0 Å². The molecule has 2 aromatic carbocycles. The molecule has 0 N–H and O–H groups in total. The molecule has 0 bridgehead atoms. The third-order valence-electron chi connectivity index (χ3n) is 4.57. The van der Waals surface area contributed by atoms with Crippen LogP contribution in [0.15, 0.2) is 60.7 Å². The standard InChI is InChI=1S/C22H24FNO2/c23-21-10-4-8-19(14-21)15-24-13-5-9-20(16-24)17-26-22(25)12-11-18-6-2-1-3-7-18/h1-4,6-8,10-12,14,20H,5,9,13,15-17H2/b12-11+/t20-/m1/s1. The van der Waals surface area contributed by atoms with Crippen LogP contribution in [0.2, 0.25) is 0 Å². The number of likely N-dealkylation sites (tertiary alicyclic amines) is 1. The molecule has 136 valence electrons. The van der Waals surface area contributed by atoms with Crippen LogP contribution in [0.5, 0.6) is 0 Å². The lowest BCUT2D eigenvalue weighted by molar-refractivity contribution is -0.139. The lowest BCUT2D eigenvalue weighted by Gasteiger charge is -2.32. The monoisotopic (exact) mass is 353 g/mol. The van der Waals surface area contributed by atoms with Crippen LogP contribution in [0.4, 0.5) is 4.39 Å². The molecule has 1 fully saturated rings. The van der Waals surface area contributed by atoms with E-state index >= 15 is 0 Å². The molecule has 0 unspecified atom stereocenters. The fourth-order valence-corrected chi connectivity index (χ4v) is 3.30. The number of carbonyl (C=O) groups excluding carboxylic acids is 1. The highest BCUT2D eigenvalue weighted by Crippen LogP contribution is 2.19. The molecule has 0 aliphatic carbocycles. The zero-order chi connectivity index (χ0) is 18.2. The van der Waals surface area contributed by atoms with Crippen LogP contribution in [-0.4, -0.2) is 30.6 Å². The van der Waals surface area contributed by atoms with Crippen LogP contribution in [0.25, 0.3) is 6.08 Å². The van der Waals surface area contributed by atoms with Gasteiger partial charge in [-0.3, -0.25) is 4.90 Å². The molecule has 0 spiro atoms. The van der Waals surface area contributed by atoms with Crippen LogP contribution >= 0.6 is 0 Å². The van der Waals surface area contributed by atoms with E-state index in [0.29, 0.717) is 12.5 Å². The second kappa shape index (κ2) is 9.30. The Bertz CT molecular complexity index is 745. The van der Waals surface area contributed by atoms with Gasteiger partial charge in [0.15, 0.2) is 0 Å². The normalized spacial score (nSPS) is 18.1. The van der Waals surface area contributed by atoms with E-state index in [1.54, 1.807) is 18.2 Å². The van der Waals surface area contributed by atoms with Gasteiger partial charge in [-0.25, -0.2) is 9.18 Å². The van der Waals surface area contributed by atoms with Gasteiger partial charge >= 0.3 is 5.97 Å². The number of carbonyl (C=O) groups is 1. The molecule has 1 saturated heterocycles. The van der Waals surface area contributed by atoms with Crippen molar-refractivity contribution >= 4 is 12.0 Å². The molecule has 26 heavy (non-hydrogen) atoms. The molecule has 0 amide bonds. The maximum atomic E-state index is 13.3. The summed E-state index contributed by atoms with van der Waals surface area (Å²) < 4.78 is 18.7. The maximum absolute atomic E-state index is 13.3. The predicted molar refractivity (Wildman–Crippen MR) is 101 cm³/mol. The molecular formula is C22H24FNO2. The quantitative estimate of drug-likeness (QED) is 0.573. The molecule has 1 aliphatic rings. The number of hydrogen-bond donors (Lipinski definition) is 0. The summed E-state index contributed by atoms with van der Waals surface area (Å²) >= 11 is 0. The van der Waals surface area contributed by atoms with Gasteiger partial charge in [-0.1, -0.05) is 42.5 Å². The molecular weight excluding hydrogens is 329 g/mol. The van der Waals surface area contributed by atoms with E-state index in [1.807, 2.05) is 36.4 Å². The summed E-state index contributed by atoms with van der Waals surface area (Å²) in [6.45, 7) is 3.02. The van der Waals surface area contributed by atoms with Gasteiger partial charge < -0.3 is 4.74 Å². The van der Waals surface area contributed by atoms with Crippen LogP contribution < -0.4 is 0 Å². The van der Waals surface area contributed by atoms with E-state index < -0.39 is 0 Å². The number of benzene rings is 2. The number of hydrogen-bond acceptors (Lipinski definition) is 3. The van der Waals surface area contributed by atoms with Gasteiger partial charge in [0.2, 0.25) is 0 Å². The number of esters is 1. The second-order valence-electron chi connectivity index (χ2n) is 6.75. The average molecular weight is 353 g/mol. The van der Waals surface area contributed by atoms with Gasteiger partial charge in [-0.05, 0) is 48.7 Å². The van der Waals surface area contributed by atoms with Crippen LogP contribution in [-0.2, 0) is 16.1 Å². The van der Waals surface area contributed by atoms with E-state index in [1.165, 1.54) is 12.1 Å².